The van der Waals surface area contributed by atoms with Crippen LogP contribution in [0.1, 0.15) is 23.5 Å². The van der Waals surface area contributed by atoms with E-state index in [1.165, 1.54) is 0 Å². The summed E-state index contributed by atoms with van der Waals surface area (Å²) in [5.41, 5.74) is 0. The van der Waals surface area contributed by atoms with Gasteiger partial charge in [0, 0.05) is 4.88 Å². The third kappa shape index (κ3) is 3.60. The largest absolute Gasteiger partial charge is 0.467 e. The van der Waals surface area contributed by atoms with E-state index in [1.54, 1.807) is 34.6 Å². The molecular weight excluding hydrogens is 364 g/mol. The highest BCUT2D eigenvalue weighted by Crippen LogP contribution is 2.35. The van der Waals surface area contributed by atoms with E-state index >= 15 is 0 Å². The van der Waals surface area contributed by atoms with Gasteiger partial charge in [-0.3, -0.25) is 19.3 Å². The minimum absolute atomic E-state index is 0.212. The monoisotopic (exact) mass is 384 g/mol. The molecule has 2 aliphatic rings. The predicted octanol–water partition coefficient (Wildman–Crippen LogP) is 2.82. The van der Waals surface area contributed by atoms with Crippen molar-refractivity contribution in [3.8, 4) is 0 Å². The molecule has 0 aromatic carbocycles. The summed E-state index contributed by atoms with van der Waals surface area (Å²) < 4.78 is 5.38. The number of amides is 3. The molecule has 3 heterocycles. The molecule has 0 bridgehead atoms. The van der Waals surface area contributed by atoms with Gasteiger partial charge in [-0.25, -0.2) is 0 Å². The van der Waals surface area contributed by atoms with E-state index in [0.29, 0.717) is 31.7 Å². The lowest BCUT2D eigenvalue weighted by atomic mass is 9.85. The summed E-state index contributed by atoms with van der Waals surface area (Å²) in [5.74, 6) is -0.671. The molecule has 7 heteroatoms. The quantitative estimate of drug-likeness (QED) is 0.567. The van der Waals surface area contributed by atoms with Gasteiger partial charge in [0.05, 0.1) is 31.2 Å². The molecule has 1 saturated heterocycles. The summed E-state index contributed by atoms with van der Waals surface area (Å²) in [6.07, 6.45) is 6.60. The molecule has 27 heavy (non-hydrogen) atoms. The number of furan rings is 1. The molecule has 1 aliphatic carbocycles. The van der Waals surface area contributed by atoms with E-state index in [2.05, 4.69) is 0 Å². The van der Waals surface area contributed by atoms with Crippen molar-refractivity contribution in [1.29, 1.82) is 0 Å². The molecule has 0 spiro atoms. The van der Waals surface area contributed by atoms with Gasteiger partial charge in [-0.05, 0) is 36.4 Å². The topological polar surface area (TPSA) is 70.8 Å². The van der Waals surface area contributed by atoms with Crippen molar-refractivity contribution in [1.82, 2.24) is 9.80 Å². The lowest BCUT2D eigenvalue weighted by Crippen LogP contribution is -2.42. The fourth-order valence-electron chi connectivity index (χ4n) is 3.67. The van der Waals surface area contributed by atoms with Crippen molar-refractivity contribution in [2.45, 2.75) is 25.9 Å². The second-order valence-corrected chi connectivity index (χ2v) is 7.86. The van der Waals surface area contributed by atoms with Gasteiger partial charge in [0.1, 0.15) is 12.3 Å². The Labute approximate surface area is 161 Å². The second kappa shape index (κ2) is 7.52. The Kier molecular flexibility index (Phi) is 4.94. The Hall–Kier alpha value is -2.67. The number of carbonyl (C=O) groups is 3. The molecule has 0 saturated carbocycles. The maximum absolute atomic E-state index is 13.0. The average molecular weight is 384 g/mol. The lowest BCUT2D eigenvalue weighted by molar-refractivity contribution is -0.147. The molecule has 0 unspecified atom stereocenters. The summed E-state index contributed by atoms with van der Waals surface area (Å²) in [6, 6.07) is 7.47. The molecule has 2 aromatic rings. The highest BCUT2D eigenvalue weighted by molar-refractivity contribution is 7.09. The Balaban J connectivity index is 1.49. The van der Waals surface area contributed by atoms with Crippen LogP contribution < -0.4 is 0 Å². The molecule has 2 atom stereocenters. The van der Waals surface area contributed by atoms with E-state index < -0.39 is 0 Å². The van der Waals surface area contributed by atoms with E-state index in [1.807, 2.05) is 29.7 Å². The fourth-order valence-corrected chi connectivity index (χ4v) is 4.39. The fraction of sp³-hybridized carbons (Fsp3) is 0.350. The first kappa shape index (κ1) is 17.7. The number of nitrogens with zero attached hydrogens (tertiary/aromatic N) is 2. The van der Waals surface area contributed by atoms with Crippen LogP contribution in [-0.4, -0.2) is 34.1 Å². The molecule has 140 valence electrons. The predicted molar refractivity (Wildman–Crippen MR) is 99.4 cm³/mol. The van der Waals surface area contributed by atoms with Gasteiger partial charge in [-0.2, -0.15) is 0 Å². The zero-order valence-corrected chi connectivity index (χ0v) is 15.6. The number of hydrogen-bond acceptors (Lipinski definition) is 5. The Morgan fingerprint density at radius 1 is 1.11 bits per heavy atom. The Morgan fingerprint density at radius 2 is 1.85 bits per heavy atom. The van der Waals surface area contributed by atoms with Gasteiger partial charge in [-0.15, -0.1) is 11.3 Å². The van der Waals surface area contributed by atoms with Crippen molar-refractivity contribution >= 4 is 29.1 Å². The van der Waals surface area contributed by atoms with Crippen LogP contribution >= 0.6 is 11.3 Å². The van der Waals surface area contributed by atoms with Gasteiger partial charge >= 0.3 is 0 Å². The van der Waals surface area contributed by atoms with Crippen LogP contribution in [0.15, 0.2) is 52.5 Å². The van der Waals surface area contributed by atoms with Crippen molar-refractivity contribution in [3.63, 3.8) is 0 Å². The second-order valence-electron chi connectivity index (χ2n) is 6.83. The number of allylic oxidation sites excluding steroid dienone is 2. The molecule has 1 fully saturated rings. The first-order valence-corrected chi connectivity index (χ1v) is 9.84. The van der Waals surface area contributed by atoms with Crippen LogP contribution in [0, 0.1) is 11.8 Å². The first-order chi connectivity index (χ1) is 13.1. The van der Waals surface area contributed by atoms with E-state index in [0.717, 1.165) is 9.78 Å². The summed E-state index contributed by atoms with van der Waals surface area (Å²) in [7, 11) is 0. The van der Waals surface area contributed by atoms with Gasteiger partial charge in [0.2, 0.25) is 17.7 Å². The maximum atomic E-state index is 13.0. The molecule has 0 radical (unpaired) electrons. The number of thiophene rings is 1. The summed E-state index contributed by atoms with van der Waals surface area (Å²) in [4.78, 5) is 42.0. The lowest BCUT2D eigenvalue weighted by Gasteiger charge is -2.24. The van der Waals surface area contributed by atoms with Crippen LogP contribution in [0.2, 0.25) is 0 Å². The molecular formula is C20H20N2O4S. The van der Waals surface area contributed by atoms with Gasteiger partial charge < -0.3 is 9.32 Å². The average Bonchev–Trinajstić information content (AvgIpc) is 3.41. The minimum atomic E-state index is -0.314. The smallest absolute Gasteiger partial charge is 0.243 e. The minimum Gasteiger partial charge on any atom is -0.467 e. The number of hydrogen-bond donors (Lipinski definition) is 0. The first-order valence-electron chi connectivity index (χ1n) is 8.96. The normalized spacial score (nSPS) is 21.6. The van der Waals surface area contributed by atoms with Crippen molar-refractivity contribution in [2.75, 3.05) is 6.54 Å². The van der Waals surface area contributed by atoms with Crippen LogP contribution in [0.4, 0.5) is 0 Å². The van der Waals surface area contributed by atoms with Crippen LogP contribution in [0.3, 0.4) is 0 Å². The van der Waals surface area contributed by atoms with E-state index in [4.69, 9.17) is 4.42 Å². The van der Waals surface area contributed by atoms with Gasteiger partial charge in [0.15, 0.2) is 0 Å². The standard InChI is InChI=1S/C20H20N2O4S/c23-18(13-22-19(24)16-7-1-2-8-17(16)20(22)25)21(11-14-5-3-9-26-14)12-15-6-4-10-27-15/h1-6,9-10,16-17H,7-8,11-13H2/t16-,17-/m1/s1. The number of carbonyl (C=O) groups excluding carboxylic acids is 3. The zero-order valence-electron chi connectivity index (χ0n) is 14.7. The van der Waals surface area contributed by atoms with Gasteiger partial charge in [-0.1, -0.05) is 18.2 Å². The molecule has 4 rings (SSSR count). The highest BCUT2D eigenvalue weighted by atomic mass is 32.1. The molecule has 0 N–H and O–H groups in total. The third-order valence-electron chi connectivity index (χ3n) is 5.10. The number of likely N-dealkylation sites (tertiary alicyclic amines) is 1. The molecule has 2 aromatic heterocycles. The Bertz CT molecular complexity index is 794. The summed E-state index contributed by atoms with van der Waals surface area (Å²) >= 11 is 1.56. The summed E-state index contributed by atoms with van der Waals surface area (Å²) in [6.45, 7) is 0.507. The Morgan fingerprint density at radius 3 is 2.44 bits per heavy atom. The van der Waals surface area contributed by atoms with Crippen molar-refractivity contribution in [2.24, 2.45) is 11.8 Å². The SMILES string of the molecule is O=C(CN1C(=O)[C@@H]2CC=CC[C@H]2C1=O)N(Cc1ccco1)Cc1cccs1. The van der Waals surface area contributed by atoms with E-state index in [-0.39, 0.29) is 36.1 Å². The number of rotatable bonds is 6. The van der Waals surface area contributed by atoms with Crippen LogP contribution in [0.5, 0.6) is 0 Å². The summed E-state index contributed by atoms with van der Waals surface area (Å²) in [5, 5.41) is 1.95. The molecule has 6 nitrogen and oxygen atoms in total. The molecule has 3 amide bonds. The number of fused-ring (bicyclic) bond motifs is 1. The maximum Gasteiger partial charge on any atom is 0.243 e. The van der Waals surface area contributed by atoms with Crippen LogP contribution in [-0.2, 0) is 27.5 Å². The zero-order chi connectivity index (χ0) is 18.8. The van der Waals surface area contributed by atoms with Crippen molar-refractivity contribution < 1.29 is 18.8 Å². The van der Waals surface area contributed by atoms with Crippen LogP contribution in [0.25, 0.3) is 0 Å². The van der Waals surface area contributed by atoms with Crippen molar-refractivity contribution in [3.05, 3.63) is 58.7 Å². The van der Waals surface area contributed by atoms with Gasteiger partial charge in [0.25, 0.3) is 0 Å². The number of imide groups is 1. The third-order valence-corrected chi connectivity index (χ3v) is 5.96. The molecule has 1 aliphatic heterocycles. The highest BCUT2D eigenvalue weighted by Gasteiger charge is 2.47. The van der Waals surface area contributed by atoms with E-state index in [9.17, 15) is 14.4 Å².